The maximum Gasteiger partial charge on any atom is 0.258 e. The monoisotopic (exact) mass is 375 g/mol. The van der Waals surface area contributed by atoms with E-state index in [2.05, 4.69) is 35.1 Å². The fraction of sp³-hybridized carbons (Fsp3) is 0.375. The van der Waals surface area contributed by atoms with Crippen LogP contribution in [-0.4, -0.2) is 42.0 Å². The molecule has 28 heavy (non-hydrogen) atoms. The average molecular weight is 376 g/mol. The highest BCUT2D eigenvalue weighted by Crippen LogP contribution is 2.35. The highest BCUT2D eigenvalue weighted by Gasteiger charge is 2.23. The van der Waals surface area contributed by atoms with Crippen LogP contribution in [0.15, 0.2) is 54.7 Å². The lowest BCUT2D eigenvalue weighted by Gasteiger charge is -2.31. The van der Waals surface area contributed by atoms with Gasteiger partial charge in [0.2, 0.25) is 0 Å². The smallest absolute Gasteiger partial charge is 0.258 e. The third-order valence-electron chi connectivity index (χ3n) is 6.07. The Morgan fingerprint density at radius 2 is 1.86 bits per heavy atom. The van der Waals surface area contributed by atoms with Gasteiger partial charge < -0.3 is 14.8 Å². The molecule has 2 heterocycles. The summed E-state index contributed by atoms with van der Waals surface area (Å²) in [7, 11) is 0. The molecule has 4 nitrogen and oxygen atoms in total. The fourth-order valence-electron chi connectivity index (χ4n) is 4.38. The maximum absolute atomic E-state index is 13.0. The van der Waals surface area contributed by atoms with Gasteiger partial charge in [0.15, 0.2) is 0 Å². The van der Waals surface area contributed by atoms with E-state index >= 15 is 0 Å². The standard InChI is InChI=1S/C24H29N3O/c1-3-26-14-12-18(13-15-26)22-17-25-23-11-10-20(16-21(22)23)27(4-2)24(28)19-8-6-5-7-9-19/h5-11,16-18,25H,3-4,12-15H2,1-2H3. The molecule has 1 aromatic heterocycles. The van der Waals surface area contributed by atoms with Crippen molar-refractivity contribution in [2.24, 2.45) is 0 Å². The van der Waals surface area contributed by atoms with Gasteiger partial charge >= 0.3 is 0 Å². The summed E-state index contributed by atoms with van der Waals surface area (Å²) in [5.74, 6) is 0.641. The van der Waals surface area contributed by atoms with E-state index in [1.165, 1.54) is 36.9 Å². The van der Waals surface area contributed by atoms with E-state index < -0.39 is 0 Å². The van der Waals surface area contributed by atoms with Crippen molar-refractivity contribution in [1.29, 1.82) is 0 Å². The molecule has 4 heteroatoms. The van der Waals surface area contributed by atoms with Crippen LogP contribution >= 0.6 is 0 Å². The van der Waals surface area contributed by atoms with Crippen LogP contribution in [0.25, 0.3) is 10.9 Å². The van der Waals surface area contributed by atoms with Gasteiger partial charge in [0, 0.05) is 34.9 Å². The number of carbonyl (C=O) groups excluding carboxylic acids is 1. The number of aromatic nitrogens is 1. The molecule has 3 aromatic rings. The van der Waals surface area contributed by atoms with E-state index in [0.29, 0.717) is 12.5 Å². The van der Waals surface area contributed by atoms with Gasteiger partial charge in [0.1, 0.15) is 0 Å². The Morgan fingerprint density at radius 1 is 1.11 bits per heavy atom. The quantitative estimate of drug-likeness (QED) is 0.679. The Kier molecular flexibility index (Phi) is 5.49. The number of H-pyrrole nitrogens is 1. The summed E-state index contributed by atoms with van der Waals surface area (Å²) in [5, 5.41) is 1.26. The second-order valence-corrected chi connectivity index (χ2v) is 7.60. The molecule has 1 aliphatic rings. The zero-order valence-electron chi connectivity index (χ0n) is 16.8. The topological polar surface area (TPSA) is 39.3 Å². The molecule has 0 radical (unpaired) electrons. The molecule has 1 N–H and O–H groups in total. The summed E-state index contributed by atoms with van der Waals surface area (Å²) in [4.78, 5) is 20.8. The van der Waals surface area contributed by atoms with Crippen LogP contribution < -0.4 is 4.90 Å². The number of benzene rings is 2. The Labute approximate surface area is 167 Å². The lowest BCUT2D eigenvalue weighted by atomic mass is 9.89. The summed E-state index contributed by atoms with van der Waals surface area (Å²) < 4.78 is 0. The number of nitrogens with one attached hydrogen (secondary N) is 1. The van der Waals surface area contributed by atoms with Crippen LogP contribution in [0.4, 0.5) is 5.69 Å². The van der Waals surface area contributed by atoms with Gasteiger partial charge in [-0.05, 0) is 81.2 Å². The molecule has 0 bridgehead atoms. The van der Waals surface area contributed by atoms with Crippen molar-refractivity contribution in [2.45, 2.75) is 32.6 Å². The highest BCUT2D eigenvalue weighted by molar-refractivity contribution is 6.07. The molecular weight excluding hydrogens is 346 g/mol. The van der Waals surface area contributed by atoms with Gasteiger partial charge in [-0.15, -0.1) is 0 Å². The number of nitrogens with zero attached hydrogens (tertiary/aromatic N) is 2. The van der Waals surface area contributed by atoms with Crippen molar-refractivity contribution in [3.63, 3.8) is 0 Å². The van der Waals surface area contributed by atoms with Crippen LogP contribution in [0, 0.1) is 0 Å². The number of likely N-dealkylation sites (tertiary alicyclic amines) is 1. The van der Waals surface area contributed by atoms with Crippen molar-refractivity contribution < 1.29 is 4.79 Å². The molecule has 0 spiro atoms. The first-order chi connectivity index (χ1) is 13.7. The van der Waals surface area contributed by atoms with Crippen LogP contribution in [0.1, 0.15) is 48.5 Å². The first-order valence-corrected chi connectivity index (χ1v) is 10.4. The lowest BCUT2D eigenvalue weighted by Crippen LogP contribution is -2.32. The Hall–Kier alpha value is -2.59. The van der Waals surface area contributed by atoms with Crippen molar-refractivity contribution in [3.8, 4) is 0 Å². The molecule has 0 unspecified atom stereocenters. The predicted molar refractivity (Wildman–Crippen MR) is 116 cm³/mol. The molecule has 1 amide bonds. The molecule has 146 valence electrons. The SMILES string of the molecule is CCN1CCC(c2c[nH]c3ccc(N(CC)C(=O)c4ccccc4)cc23)CC1. The number of hydrogen-bond acceptors (Lipinski definition) is 2. The van der Waals surface area contributed by atoms with Gasteiger partial charge in [0.25, 0.3) is 5.91 Å². The minimum absolute atomic E-state index is 0.0517. The molecule has 1 saturated heterocycles. The van der Waals surface area contributed by atoms with E-state index in [4.69, 9.17) is 0 Å². The summed E-state index contributed by atoms with van der Waals surface area (Å²) in [5.41, 5.74) is 4.25. The van der Waals surface area contributed by atoms with E-state index in [9.17, 15) is 4.79 Å². The minimum Gasteiger partial charge on any atom is -0.361 e. The molecule has 4 rings (SSSR count). The highest BCUT2D eigenvalue weighted by atomic mass is 16.2. The van der Waals surface area contributed by atoms with E-state index in [-0.39, 0.29) is 5.91 Å². The fourth-order valence-corrected chi connectivity index (χ4v) is 4.38. The molecule has 1 aliphatic heterocycles. The second-order valence-electron chi connectivity index (χ2n) is 7.60. The zero-order chi connectivity index (χ0) is 19.5. The van der Waals surface area contributed by atoms with Crippen LogP contribution in [0.5, 0.6) is 0 Å². The number of fused-ring (bicyclic) bond motifs is 1. The van der Waals surface area contributed by atoms with Crippen LogP contribution in [0.2, 0.25) is 0 Å². The molecular formula is C24H29N3O. The first-order valence-electron chi connectivity index (χ1n) is 10.4. The average Bonchev–Trinajstić information content (AvgIpc) is 3.18. The van der Waals surface area contributed by atoms with Crippen molar-refractivity contribution in [3.05, 3.63) is 65.9 Å². The lowest BCUT2D eigenvalue weighted by molar-refractivity contribution is 0.0988. The Bertz CT molecular complexity index is 939. The van der Waals surface area contributed by atoms with Gasteiger partial charge in [-0.1, -0.05) is 25.1 Å². The van der Waals surface area contributed by atoms with Crippen LogP contribution in [0.3, 0.4) is 0 Å². The molecule has 0 saturated carbocycles. The third-order valence-corrected chi connectivity index (χ3v) is 6.07. The Balaban J connectivity index is 1.64. The number of piperidine rings is 1. The predicted octanol–water partition coefficient (Wildman–Crippen LogP) is 5.03. The maximum atomic E-state index is 13.0. The number of amides is 1. The number of rotatable bonds is 5. The van der Waals surface area contributed by atoms with E-state index in [1.807, 2.05) is 48.2 Å². The number of hydrogen-bond donors (Lipinski definition) is 1. The van der Waals surface area contributed by atoms with Gasteiger partial charge in [-0.3, -0.25) is 4.79 Å². The van der Waals surface area contributed by atoms with E-state index in [1.54, 1.807) is 0 Å². The summed E-state index contributed by atoms with van der Waals surface area (Å²) in [6.45, 7) is 8.39. The second kappa shape index (κ2) is 8.19. The van der Waals surface area contributed by atoms with Crippen molar-refractivity contribution in [1.82, 2.24) is 9.88 Å². The molecule has 0 aliphatic carbocycles. The van der Waals surface area contributed by atoms with Crippen molar-refractivity contribution in [2.75, 3.05) is 31.1 Å². The van der Waals surface area contributed by atoms with Gasteiger partial charge in [-0.2, -0.15) is 0 Å². The summed E-state index contributed by atoms with van der Waals surface area (Å²) in [6.07, 6.45) is 4.58. The minimum atomic E-state index is 0.0517. The Morgan fingerprint density at radius 3 is 2.54 bits per heavy atom. The van der Waals surface area contributed by atoms with Crippen molar-refractivity contribution >= 4 is 22.5 Å². The van der Waals surface area contributed by atoms with Gasteiger partial charge in [-0.25, -0.2) is 0 Å². The van der Waals surface area contributed by atoms with Gasteiger partial charge in [0.05, 0.1) is 0 Å². The zero-order valence-corrected chi connectivity index (χ0v) is 16.8. The number of aromatic amines is 1. The molecule has 2 aromatic carbocycles. The first kappa shape index (κ1) is 18.8. The summed E-state index contributed by atoms with van der Waals surface area (Å²) in [6, 6.07) is 15.9. The largest absolute Gasteiger partial charge is 0.361 e. The van der Waals surface area contributed by atoms with Crippen LogP contribution in [-0.2, 0) is 0 Å². The summed E-state index contributed by atoms with van der Waals surface area (Å²) >= 11 is 0. The van der Waals surface area contributed by atoms with E-state index in [0.717, 1.165) is 23.3 Å². The number of carbonyl (C=O) groups is 1. The number of anilines is 1. The normalized spacial score (nSPS) is 15.8. The molecule has 0 atom stereocenters. The molecule has 1 fully saturated rings. The third kappa shape index (κ3) is 3.57.